The van der Waals surface area contributed by atoms with Gasteiger partial charge in [-0.15, -0.1) is 11.3 Å². The second-order valence-corrected chi connectivity index (χ2v) is 6.61. The molecule has 1 heterocycles. The van der Waals surface area contributed by atoms with Gasteiger partial charge in [0.25, 0.3) is 11.8 Å². The monoisotopic (exact) mass is 347 g/mol. The fourth-order valence-corrected chi connectivity index (χ4v) is 2.79. The number of carboxylic acids is 1. The first kappa shape index (κ1) is 17.6. The highest BCUT2D eigenvalue weighted by Crippen LogP contribution is 2.18. The third-order valence-electron chi connectivity index (χ3n) is 3.24. The highest BCUT2D eigenvalue weighted by atomic mass is 32.1. The number of benzene rings is 1. The van der Waals surface area contributed by atoms with Gasteiger partial charge in [-0.3, -0.25) is 14.4 Å². The van der Waals surface area contributed by atoms with E-state index in [4.69, 9.17) is 5.11 Å². The van der Waals surface area contributed by atoms with Gasteiger partial charge in [-0.1, -0.05) is 0 Å². The summed E-state index contributed by atoms with van der Waals surface area (Å²) < 4.78 is 0. The van der Waals surface area contributed by atoms with Crippen molar-refractivity contribution in [1.29, 1.82) is 0 Å². The minimum absolute atomic E-state index is 0.307. The quantitative estimate of drug-likeness (QED) is 0.768. The van der Waals surface area contributed by atoms with Crippen LogP contribution in [0.4, 0.5) is 5.69 Å². The van der Waals surface area contributed by atoms with Gasteiger partial charge in [-0.05, 0) is 45.0 Å². The zero-order valence-electron chi connectivity index (χ0n) is 13.4. The molecule has 3 N–H and O–H groups in total. The summed E-state index contributed by atoms with van der Waals surface area (Å²) in [6.45, 7) is 5.05. The van der Waals surface area contributed by atoms with Crippen LogP contribution >= 0.6 is 11.3 Å². The molecular formula is C16H17N3O4S. The Labute approximate surface area is 142 Å². The van der Waals surface area contributed by atoms with E-state index in [-0.39, 0.29) is 5.91 Å². The van der Waals surface area contributed by atoms with E-state index in [0.717, 1.165) is 9.88 Å². The van der Waals surface area contributed by atoms with E-state index in [0.29, 0.717) is 16.9 Å². The van der Waals surface area contributed by atoms with Crippen molar-refractivity contribution in [3.8, 4) is 0 Å². The number of aryl methyl sites for hydroxylation is 2. The van der Waals surface area contributed by atoms with Gasteiger partial charge < -0.3 is 15.7 Å². The number of aromatic nitrogens is 1. The molecule has 7 nitrogen and oxygen atoms in total. The maximum Gasteiger partial charge on any atom is 0.325 e. The van der Waals surface area contributed by atoms with Crippen molar-refractivity contribution in [2.24, 2.45) is 0 Å². The number of amides is 2. The van der Waals surface area contributed by atoms with E-state index < -0.39 is 17.9 Å². The number of hydrogen-bond acceptors (Lipinski definition) is 5. The number of thiazole rings is 1. The summed E-state index contributed by atoms with van der Waals surface area (Å²) in [7, 11) is 0. The lowest BCUT2D eigenvalue weighted by Gasteiger charge is -2.10. The maximum atomic E-state index is 12.2. The third kappa shape index (κ3) is 4.17. The summed E-state index contributed by atoms with van der Waals surface area (Å²) in [6.07, 6.45) is 0. The van der Waals surface area contributed by atoms with Crippen molar-refractivity contribution in [3.63, 3.8) is 0 Å². The van der Waals surface area contributed by atoms with Gasteiger partial charge in [-0.25, -0.2) is 4.98 Å². The van der Waals surface area contributed by atoms with E-state index >= 15 is 0 Å². The maximum absolute atomic E-state index is 12.2. The Kier molecular flexibility index (Phi) is 5.30. The molecule has 1 atom stereocenters. The van der Waals surface area contributed by atoms with Crippen LogP contribution in [-0.4, -0.2) is 33.9 Å². The fourth-order valence-electron chi connectivity index (χ4n) is 1.98. The largest absolute Gasteiger partial charge is 0.480 e. The lowest BCUT2D eigenvalue weighted by atomic mass is 10.1. The Morgan fingerprint density at radius 1 is 1.12 bits per heavy atom. The summed E-state index contributed by atoms with van der Waals surface area (Å²) in [4.78, 5) is 39.8. The molecule has 2 rings (SSSR count). The van der Waals surface area contributed by atoms with E-state index in [1.807, 2.05) is 13.8 Å². The Hall–Kier alpha value is -2.74. The fraction of sp³-hybridized carbons (Fsp3) is 0.250. The van der Waals surface area contributed by atoms with Gasteiger partial charge in [0.05, 0.1) is 5.01 Å². The van der Waals surface area contributed by atoms with Crippen LogP contribution < -0.4 is 10.6 Å². The lowest BCUT2D eigenvalue weighted by Crippen LogP contribution is -2.38. The highest BCUT2D eigenvalue weighted by molar-refractivity contribution is 7.11. The Morgan fingerprint density at radius 3 is 2.25 bits per heavy atom. The minimum Gasteiger partial charge on any atom is -0.480 e. The average Bonchev–Trinajstić information content (AvgIpc) is 2.86. The molecule has 0 aliphatic rings. The van der Waals surface area contributed by atoms with Crippen LogP contribution in [0.2, 0.25) is 0 Å². The molecule has 0 bridgehead atoms. The lowest BCUT2D eigenvalue weighted by molar-refractivity contribution is -0.138. The number of carbonyl (C=O) groups is 3. The normalized spacial score (nSPS) is 11.6. The van der Waals surface area contributed by atoms with Crippen molar-refractivity contribution < 1.29 is 19.5 Å². The molecule has 0 fully saturated rings. The van der Waals surface area contributed by atoms with Gasteiger partial charge in [0.15, 0.2) is 0 Å². The molecule has 0 radical (unpaired) electrons. The molecular weight excluding hydrogens is 330 g/mol. The van der Waals surface area contributed by atoms with Gasteiger partial charge >= 0.3 is 5.97 Å². The number of aliphatic carboxylic acids is 1. The predicted molar refractivity (Wildman–Crippen MR) is 90.5 cm³/mol. The number of nitrogens with zero attached hydrogens (tertiary/aromatic N) is 1. The number of carbonyl (C=O) groups excluding carboxylic acids is 2. The minimum atomic E-state index is -1.11. The molecule has 126 valence electrons. The molecule has 0 aliphatic carbocycles. The topological polar surface area (TPSA) is 108 Å². The molecule has 0 unspecified atom stereocenters. The van der Waals surface area contributed by atoms with Crippen LogP contribution in [0.3, 0.4) is 0 Å². The predicted octanol–water partition coefficient (Wildman–Crippen LogP) is 2.22. The van der Waals surface area contributed by atoms with Gasteiger partial charge in [0.1, 0.15) is 11.7 Å². The van der Waals surface area contributed by atoms with Crippen LogP contribution in [0.15, 0.2) is 24.3 Å². The van der Waals surface area contributed by atoms with Crippen molar-refractivity contribution in [1.82, 2.24) is 10.3 Å². The number of carboxylic acid groups (broad SMARTS) is 1. The number of hydrogen-bond donors (Lipinski definition) is 3. The summed E-state index contributed by atoms with van der Waals surface area (Å²) in [6, 6.07) is 5.20. The molecule has 1 aromatic heterocycles. The highest BCUT2D eigenvalue weighted by Gasteiger charge is 2.16. The smallest absolute Gasteiger partial charge is 0.325 e. The van der Waals surface area contributed by atoms with E-state index in [2.05, 4.69) is 15.6 Å². The van der Waals surface area contributed by atoms with E-state index in [9.17, 15) is 14.4 Å². The van der Waals surface area contributed by atoms with Crippen molar-refractivity contribution >= 4 is 34.8 Å². The van der Waals surface area contributed by atoms with Crippen molar-refractivity contribution in [2.75, 3.05) is 5.32 Å². The molecule has 8 heteroatoms. The van der Waals surface area contributed by atoms with Gasteiger partial charge in [0, 0.05) is 16.1 Å². The van der Waals surface area contributed by atoms with E-state index in [1.165, 1.54) is 30.4 Å². The Balaban J connectivity index is 2.04. The summed E-state index contributed by atoms with van der Waals surface area (Å²) in [5.74, 6) is -1.91. The number of anilines is 1. The molecule has 2 amide bonds. The summed E-state index contributed by atoms with van der Waals surface area (Å²) >= 11 is 1.45. The molecule has 1 aromatic carbocycles. The first-order valence-electron chi connectivity index (χ1n) is 7.17. The molecule has 0 spiro atoms. The van der Waals surface area contributed by atoms with Gasteiger partial charge in [0.2, 0.25) is 0 Å². The summed E-state index contributed by atoms with van der Waals surface area (Å²) in [5, 5.41) is 14.7. The zero-order chi connectivity index (χ0) is 17.9. The molecule has 0 aliphatic heterocycles. The van der Waals surface area contributed by atoms with Crippen molar-refractivity contribution in [3.05, 3.63) is 45.4 Å². The molecule has 2 aromatic rings. The van der Waals surface area contributed by atoms with Crippen LogP contribution in [0.1, 0.15) is 37.7 Å². The van der Waals surface area contributed by atoms with Crippen LogP contribution in [-0.2, 0) is 4.79 Å². The van der Waals surface area contributed by atoms with Gasteiger partial charge in [-0.2, -0.15) is 0 Å². The number of nitrogens with one attached hydrogen (secondary N) is 2. The first-order valence-corrected chi connectivity index (χ1v) is 7.98. The van der Waals surface area contributed by atoms with Crippen molar-refractivity contribution in [2.45, 2.75) is 26.8 Å². The average molecular weight is 347 g/mol. The SMILES string of the molecule is Cc1nc(C(=O)Nc2ccc(C(=O)N[C@H](C)C(=O)O)cc2)c(C)s1. The zero-order valence-corrected chi connectivity index (χ0v) is 14.2. The summed E-state index contributed by atoms with van der Waals surface area (Å²) in [5.41, 5.74) is 1.21. The molecule has 0 saturated heterocycles. The number of rotatable bonds is 5. The standard InChI is InChI=1S/C16H17N3O4S/c1-8(16(22)23)17-14(20)11-4-6-12(7-5-11)19-15(21)13-9(2)24-10(3)18-13/h4-8H,1-3H3,(H,17,20)(H,19,21)(H,22,23)/t8-/m1/s1. The second-order valence-electron chi connectivity index (χ2n) is 5.20. The van der Waals surface area contributed by atoms with E-state index in [1.54, 1.807) is 12.1 Å². The molecule has 24 heavy (non-hydrogen) atoms. The van der Waals surface area contributed by atoms with Crippen LogP contribution in [0.5, 0.6) is 0 Å². The van der Waals surface area contributed by atoms with Crippen LogP contribution in [0.25, 0.3) is 0 Å². The Morgan fingerprint density at radius 2 is 1.75 bits per heavy atom. The Bertz CT molecular complexity index is 783. The van der Waals surface area contributed by atoms with Crippen LogP contribution in [0, 0.1) is 13.8 Å². The second kappa shape index (κ2) is 7.22. The molecule has 0 saturated carbocycles. The third-order valence-corrected chi connectivity index (χ3v) is 4.13. The first-order chi connectivity index (χ1) is 11.3.